The van der Waals surface area contributed by atoms with Gasteiger partial charge in [-0.15, -0.1) is 0 Å². The molecular weight excluding hydrogens is 467 g/mol. The predicted molar refractivity (Wildman–Crippen MR) is 124 cm³/mol. The maximum absolute atomic E-state index is 13.6. The van der Waals surface area contributed by atoms with Gasteiger partial charge in [0.15, 0.2) is 0 Å². The first-order valence-corrected chi connectivity index (χ1v) is 13.1. The molecule has 0 amide bonds. The van der Waals surface area contributed by atoms with Crippen LogP contribution >= 0.6 is 0 Å². The summed E-state index contributed by atoms with van der Waals surface area (Å²) in [5.74, 6) is -0.0933. The number of nitrogens with one attached hydrogen (secondary N) is 1. The number of halogens is 1. The molecule has 33 heavy (non-hydrogen) atoms. The van der Waals surface area contributed by atoms with Gasteiger partial charge in [0, 0.05) is 12.2 Å². The molecule has 0 saturated heterocycles. The van der Waals surface area contributed by atoms with Crippen molar-refractivity contribution in [2.24, 2.45) is 0 Å². The van der Waals surface area contributed by atoms with Gasteiger partial charge in [0.25, 0.3) is 20.0 Å². The summed E-state index contributed by atoms with van der Waals surface area (Å²) < 4.78 is 74.7. The molecule has 0 aliphatic carbocycles. The summed E-state index contributed by atoms with van der Waals surface area (Å²) in [6.07, 6.45) is 1.18. The molecule has 10 heteroatoms. The Balaban J connectivity index is 1.65. The van der Waals surface area contributed by atoms with Crippen LogP contribution in [0.3, 0.4) is 0 Å². The second-order valence-electron chi connectivity index (χ2n) is 7.72. The molecule has 1 N–H and O–H groups in total. The van der Waals surface area contributed by atoms with Crippen LogP contribution in [0.1, 0.15) is 17.5 Å². The Bertz CT molecular complexity index is 1410. The Kier molecular flexibility index (Phi) is 6.06. The minimum Gasteiger partial charge on any atom is -0.497 e. The molecule has 1 aliphatic heterocycles. The molecule has 0 radical (unpaired) electrons. The second-order valence-corrected chi connectivity index (χ2v) is 11.2. The lowest BCUT2D eigenvalue weighted by molar-refractivity contribution is 0.414. The van der Waals surface area contributed by atoms with Crippen molar-refractivity contribution in [1.82, 2.24) is 0 Å². The molecule has 0 fully saturated rings. The summed E-state index contributed by atoms with van der Waals surface area (Å²) in [7, 11) is -6.32. The molecule has 0 aromatic heterocycles. The minimum absolute atomic E-state index is 0.141. The number of ether oxygens (including phenoxy) is 1. The van der Waals surface area contributed by atoms with Crippen LogP contribution in [0, 0.1) is 12.7 Å². The van der Waals surface area contributed by atoms with E-state index in [9.17, 15) is 21.2 Å². The van der Waals surface area contributed by atoms with Crippen LogP contribution in [0.15, 0.2) is 70.5 Å². The first-order chi connectivity index (χ1) is 15.6. The van der Waals surface area contributed by atoms with Gasteiger partial charge in [0.1, 0.15) is 11.6 Å². The van der Waals surface area contributed by atoms with Gasteiger partial charge in [0.05, 0.1) is 22.6 Å². The summed E-state index contributed by atoms with van der Waals surface area (Å²) in [6, 6.07) is 14.4. The number of hydrogen-bond donors (Lipinski definition) is 1. The van der Waals surface area contributed by atoms with Crippen LogP contribution in [-0.4, -0.2) is 30.5 Å². The summed E-state index contributed by atoms with van der Waals surface area (Å²) in [5, 5.41) is 0. The molecule has 3 aromatic rings. The number of hydrogen-bond acceptors (Lipinski definition) is 5. The van der Waals surface area contributed by atoms with Crippen molar-refractivity contribution in [3.05, 3.63) is 77.6 Å². The van der Waals surface area contributed by atoms with Crippen LogP contribution in [-0.2, 0) is 26.5 Å². The van der Waals surface area contributed by atoms with Gasteiger partial charge in [-0.25, -0.2) is 21.2 Å². The second kappa shape index (κ2) is 8.68. The zero-order valence-electron chi connectivity index (χ0n) is 18.1. The highest BCUT2D eigenvalue weighted by Crippen LogP contribution is 2.34. The summed E-state index contributed by atoms with van der Waals surface area (Å²) >= 11 is 0. The fourth-order valence-electron chi connectivity index (χ4n) is 3.82. The molecule has 0 unspecified atom stereocenters. The molecule has 1 heterocycles. The number of rotatable bonds is 6. The van der Waals surface area contributed by atoms with Crippen LogP contribution in [0.5, 0.6) is 5.75 Å². The molecule has 7 nitrogen and oxygen atoms in total. The minimum atomic E-state index is -4.02. The fraction of sp³-hybridized carbons (Fsp3) is 0.217. The van der Waals surface area contributed by atoms with Crippen LogP contribution in [0.25, 0.3) is 0 Å². The summed E-state index contributed by atoms with van der Waals surface area (Å²) in [5.41, 5.74) is 1.90. The molecule has 1 aliphatic rings. The highest BCUT2D eigenvalue weighted by Gasteiger charge is 2.29. The zero-order chi connectivity index (χ0) is 23.8. The molecule has 174 valence electrons. The van der Waals surface area contributed by atoms with Gasteiger partial charge in [-0.3, -0.25) is 9.03 Å². The molecule has 0 bridgehead atoms. The van der Waals surface area contributed by atoms with Gasteiger partial charge in [-0.05, 0) is 85.5 Å². The number of aryl methyl sites for hydroxylation is 2. The first kappa shape index (κ1) is 23.1. The zero-order valence-corrected chi connectivity index (χ0v) is 19.7. The van der Waals surface area contributed by atoms with Crippen LogP contribution < -0.4 is 13.8 Å². The average molecular weight is 491 g/mol. The number of anilines is 2. The molecule has 4 rings (SSSR count). The summed E-state index contributed by atoms with van der Waals surface area (Å²) in [4.78, 5) is -0.00793. The van der Waals surface area contributed by atoms with E-state index in [4.69, 9.17) is 4.74 Å². The smallest absolute Gasteiger partial charge is 0.264 e. The lowest BCUT2D eigenvalue weighted by Crippen LogP contribution is -2.35. The van der Waals surface area contributed by atoms with Crippen molar-refractivity contribution < 1.29 is 26.0 Å². The third-order valence-corrected chi connectivity index (χ3v) is 8.85. The Morgan fingerprint density at radius 3 is 2.39 bits per heavy atom. The van der Waals surface area contributed by atoms with E-state index in [1.54, 1.807) is 31.2 Å². The third kappa shape index (κ3) is 4.53. The lowest BCUT2D eigenvalue weighted by atomic mass is 10.0. The van der Waals surface area contributed by atoms with Crippen LogP contribution in [0.4, 0.5) is 15.8 Å². The van der Waals surface area contributed by atoms with Gasteiger partial charge in [0.2, 0.25) is 0 Å². The quantitative estimate of drug-likeness (QED) is 0.562. The Labute approximate surface area is 192 Å². The van der Waals surface area contributed by atoms with E-state index in [0.717, 1.165) is 6.07 Å². The van der Waals surface area contributed by atoms with Gasteiger partial charge in [-0.2, -0.15) is 0 Å². The van der Waals surface area contributed by atoms with Crippen molar-refractivity contribution in [1.29, 1.82) is 0 Å². The van der Waals surface area contributed by atoms with E-state index >= 15 is 0 Å². The SMILES string of the molecule is COc1ccc(S(=O)(=O)N2CCCc3cc(NS(=O)(=O)c4cc(F)ccc4C)ccc32)cc1. The Hall–Kier alpha value is -3.11. The van der Waals surface area contributed by atoms with Crippen LogP contribution in [0.2, 0.25) is 0 Å². The topological polar surface area (TPSA) is 92.8 Å². The number of fused-ring (bicyclic) bond motifs is 1. The fourth-order valence-corrected chi connectivity index (χ4v) is 6.67. The average Bonchev–Trinajstić information content (AvgIpc) is 2.79. The normalized spacial score (nSPS) is 14.0. The molecule has 0 saturated carbocycles. The van der Waals surface area contributed by atoms with E-state index in [1.165, 1.54) is 41.7 Å². The van der Waals surface area contributed by atoms with Gasteiger partial charge < -0.3 is 4.74 Å². The van der Waals surface area contributed by atoms with E-state index in [2.05, 4.69) is 4.72 Å². The predicted octanol–water partition coefficient (Wildman–Crippen LogP) is 4.09. The van der Waals surface area contributed by atoms with E-state index < -0.39 is 25.9 Å². The number of nitrogens with zero attached hydrogens (tertiary/aromatic N) is 1. The van der Waals surface area contributed by atoms with E-state index in [0.29, 0.717) is 42.0 Å². The Morgan fingerprint density at radius 1 is 0.970 bits per heavy atom. The van der Waals surface area contributed by atoms with E-state index in [1.807, 2.05) is 0 Å². The largest absolute Gasteiger partial charge is 0.497 e. The van der Waals surface area contributed by atoms with Gasteiger partial charge in [-0.1, -0.05) is 6.07 Å². The highest BCUT2D eigenvalue weighted by molar-refractivity contribution is 7.93. The molecule has 0 spiro atoms. The van der Waals surface area contributed by atoms with Crippen molar-refractivity contribution in [2.75, 3.05) is 22.7 Å². The molecule has 3 aromatic carbocycles. The number of sulfonamides is 2. The maximum Gasteiger partial charge on any atom is 0.264 e. The summed E-state index contributed by atoms with van der Waals surface area (Å²) in [6.45, 7) is 1.90. The Morgan fingerprint density at radius 2 is 1.70 bits per heavy atom. The number of methoxy groups -OCH3 is 1. The van der Waals surface area contributed by atoms with Crippen molar-refractivity contribution >= 4 is 31.4 Å². The van der Waals surface area contributed by atoms with E-state index in [-0.39, 0.29) is 15.5 Å². The van der Waals surface area contributed by atoms with Crippen molar-refractivity contribution in [3.8, 4) is 5.75 Å². The number of benzene rings is 3. The molecular formula is C23H23FN2O5S2. The van der Waals surface area contributed by atoms with Crippen molar-refractivity contribution in [2.45, 2.75) is 29.6 Å². The lowest BCUT2D eigenvalue weighted by Gasteiger charge is -2.31. The maximum atomic E-state index is 13.6. The van der Waals surface area contributed by atoms with Gasteiger partial charge >= 0.3 is 0 Å². The monoisotopic (exact) mass is 490 g/mol. The standard InChI is InChI=1S/C23H23FN2O5S2/c1-16-5-6-18(24)15-23(16)32(27,28)25-19-7-12-22-17(14-19)4-3-13-26(22)33(29,30)21-10-8-20(31-2)9-11-21/h5-12,14-15,25H,3-4,13H2,1-2H3. The third-order valence-electron chi connectivity index (χ3n) is 5.49. The van der Waals surface area contributed by atoms with Crippen molar-refractivity contribution in [3.63, 3.8) is 0 Å². The molecule has 0 atom stereocenters. The highest BCUT2D eigenvalue weighted by atomic mass is 32.2. The first-order valence-electron chi connectivity index (χ1n) is 10.2.